The Labute approximate surface area is 209 Å². The molecule has 0 radical (unpaired) electrons. The predicted octanol–water partition coefficient (Wildman–Crippen LogP) is 6.20. The predicted molar refractivity (Wildman–Crippen MR) is 133 cm³/mol. The number of hydrogen-bond acceptors (Lipinski definition) is 4. The quantitative estimate of drug-likeness (QED) is 0.327. The number of benzene rings is 3. The maximum absolute atomic E-state index is 14.1. The Morgan fingerprint density at radius 2 is 1.76 bits per heavy atom. The summed E-state index contributed by atoms with van der Waals surface area (Å²) in [4.78, 5) is 27.8. The molecule has 3 aromatic carbocycles. The highest BCUT2D eigenvalue weighted by Crippen LogP contribution is 2.43. The summed E-state index contributed by atoms with van der Waals surface area (Å²) in [6, 6.07) is 21.4. The van der Waals surface area contributed by atoms with E-state index in [-0.39, 0.29) is 28.6 Å². The van der Waals surface area contributed by atoms with Crippen molar-refractivity contribution in [2.45, 2.75) is 11.7 Å². The zero-order chi connectivity index (χ0) is 24.2. The lowest BCUT2D eigenvalue weighted by Gasteiger charge is -2.18. The van der Waals surface area contributed by atoms with Gasteiger partial charge in [-0.25, -0.2) is 4.39 Å². The van der Waals surface area contributed by atoms with Crippen LogP contribution in [0.25, 0.3) is 0 Å². The topological polar surface area (TPSA) is 73.2 Å². The molecule has 170 valence electrons. The van der Waals surface area contributed by atoms with Crippen molar-refractivity contribution in [1.29, 1.82) is 5.26 Å². The van der Waals surface area contributed by atoms with Gasteiger partial charge in [0.05, 0.1) is 21.0 Å². The molecule has 1 aliphatic heterocycles. The van der Waals surface area contributed by atoms with Crippen molar-refractivity contribution in [2.24, 2.45) is 0 Å². The van der Waals surface area contributed by atoms with Crippen LogP contribution in [0.4, 0.5) is 15.8 Å². The van der Waals surface area contributed by atoms with Crippen molar-refractivity contribution >= 4 is 58.2 Å². The first-order chi connectivity index (χ1) is 16.4. The molecule has 0 saturated carbocycles. The SMILES string of the molecule is N#C/C(C(=O)Nc1ccccc1F)=C1/S[C@H](Cc2cccc(Cl)c2Cl)C(=O)N1c1ccccc1. The molecule has 1 fully saturated rings. The molecule has 1 aliphatic rings. The molecule has 0 spiro atoms. The minimum atomic E-state index is -0.815. The van der Waals surface area contributed by atoms with Crippen LogP contribution in [0.5, 0.6) is 0 Å². The van der Waals surface area contributed by atoms with E-state index < -0.39 is 17.0 Å². The Kier molecular flexibility index (Phi) is 7.23. The first-order valence-corrected chi connectivity index (χ1v) is 11.7. The number of para-hydroxylation sites is 2. The lowest BCUT2D eigenvalue weighted by Crippen LogP contribution is -2.31. The molecule has 0 aliphatic carbocycles. The van der Waals surface area contributed by atoms with Crippen LogP contribution in [0, 0.1) is 17.1 Å². The van der Waals surface area contributed by atoms with Crippen LogP contribution in [0.15, 0.2) is 83.4 Å². The van der Waals surface area contributed by atoms with Gasteiger partial charge in [0.15, 0.2) is 0 Å². The zero-order valence-electron chi connectivity index (χ0n) is 17.5. The standard InChI is InChI=1S/C25H16Cl2FN3O2S/c26-18-10-6-7-15(22(18)27)13-21-24(33)31(16-8-2-1-3-9-16)25(34-21)17(14-29)23(32)30-20-12-5-4-11-19(20)28/h1-12,21H,13H2,(H,30,32)/b25-17-/t21-/m1/s1. The van der Waals surface area contributed by atoms with Crippen molar-refractivity contribution in [3.63, 3.8) is 0 Å². The maximum Gasteiger partial charge on any atom is 0.269 e. The van der Waals surface area contributed by atoms with Gasteiger partial charge in [0, 0.05) is 5.69 Å². The summed E-state index contributed by atoms with van der Waals surface area (Å²) < 4.78 is 14.1. The van der Waals surface area contributed by atoms with E-state index in [2.05, 4.69) is 5.32 Å². The Bertz CT molecular complexity index is 1340. The number of nitrogens with zero attached hydrogens (tertiary/aromatic N) is 2. The average molecular weight is 512 g/mol. The highest BCUT2D eigenvalue weighted by atomic mass is 35.5. The van der Waals surface area contributed by atoms with Crippen molar-refractivity contribution < 1.29 is 14.0 Å². The molecule has 9 heteroatoms. The van der Waals surface area contributed by atoms with Crippen molar-refractivity contribution in [3.05, 3.63) is 105 Å². The average Bonchev–Trinajstić information content (AvgIpc) is 3.15. The van der Waals surface area contributed by atoms with Crippen molar-refractivity contribution in [2.75, 3.05) is 10.2 Å². The number of hydrogen-bond donors (Lipinski definition) is 1. The highest BCUT2D eigenvalue weighted by molar-refractivity contribution is 8.05. The first kappa shape index (κ1) is 23.8. The maximum atomic E-state index is 14.1. The van der Waals surface area contributed by atoms with Gasteiger partial charge in [-0.3, -0.25) is 14.5 Å². The summed E-state index contributed by atoms with van der Waals surface area (Å²) in [7, 11) is 0. The smallest absolute Gasteiger partial charge is 0.269 e. The number of halogens is 3. The molecule has 0 bridgehead atoms. The molecule has 3 aromatic rings. The Morgan fingerprint density at radius 3 is 2.47 bits per heavy atom. The molecular weight excluding hydrogens is 496 g/mol. The number of nitriles is 1. The van der Waals surface area contributed by atoms with E-state index in [9.17, 15) is 19.2 Å². The third-order valence-corrected chi connectivity index (χ3v) is 7.20. The van der Waals surface area contributed by atoms with Gasteiger partial charge >= 0.3 is 0 Å². The summed E-state index contributed by atoms with van der Waals surface area (Å²) in [5, 5.41) is 12.5. The Morgan fingerprint density at radius 1 is 1.06 bits per heavy atom. The fraction of sp³-hybridized carbons (Fsp3) is 0.0800. The zero-order valence-corrected chi connectivity index (χ0v) is 19.8. The molecule has 4 rings (SSSR count). The number of anilines is 2. The molecule has 0 aromatic heterocycles. The summed E-state index contributed by atoms with van der Waals surface area (Å²) >= 11 is 13.5. The number of carbonyl (C=O) groups is 2. The molecular formula is C25H16Cl2FN3O2S. The second kappa shape index (κ2) is 10.3. The van der Waals surface area contributed by atoms with Crippen LogP contribution in [-0.4, -0.2) is 17.1 Å². The molecule has 0 unspecified atom stereocenters. The summed E-state index contributed by atoms with van der Waals surface area (Å²) in [6.45, 7) is 0. The van der Waals surface area contributed by atoms with Gasteiger partial charge in [-0.1, -0.05) is 77.4 Å². The number of amides is 2. The van der Waals surface area contributed by atoms with Gasteiger partial charge in [-0.15, -0.1) is 0 Å². The van der Waals surface area contributed by atoms with Gasteiger partial charge in [-0.05, 0) is 42.3 Å². The molecule has 1 saturated heterocycles. The number of rotatable bonds is 5. The minimum absolute atomic E-state index is 0.0660. The highest BCUT2D eigenvalue weighted by Gasteiger charge is 2.41. The largest absolute Gasteiger partial charge is 0.319 e. The van der Waals surface area contributed by atoms with Crippen LogP contribution < -0.4 is 10.2 Å². The Hall–Kier alpha value is -3.31. The van der Waals surface area contributed by atoms with E-state index in [0.717, 1.165) is 11.8 Å². The van der Waals surface area contributed by atoms with Crippen LogP contribution in [0.2, 0.25) is 10.0 Å². The summed E-state index contributed by atoms with van der Waals surface area (Å²) in [6.07, 6.45) is 0.239. The van der Waals surface area contributed by atoms with Crippen LogP contribution in [-0.2, 0) is 16.0 Å². The molecule has 34 heavy (non-hydrogen) atoms. The molecule has 1 atom stereocenters. The number of nitrogens with one attached hydrogen (secondary N) is 1. The van der Waals surface area contributed by atoms with E-state index in [1.807, 2.05) is 6.07 Å². The number of thioether (sulfide) groups is 1. The van der Waals surface area contributed by atoms with E-state index in [0.29, 0.717) is 21.3 Å². The summed E-state index contributed by atoms with van der Waals surface area (Å²) in [5.41, 5.74) is 0.804. The van der Waals surface area contributed by atoms with E-state index in [4.69, 9.17) is 23.2 Å². The first-order valence-electron chi connectivity index (χ1n) is 10.1. The Balaban J connectivity index is 1.74. The fourth-order valence-corrected chi connectivity index (χ4v) is 5.15. The molecule has 2 amide bonds. The van der Waals surface area contributed by atoms with Crippen molar-refractivity contribution in [1.82, 2.24) is 0 Å². The number of carbonyl (C=O) groups excluding carboxylic acids is 2. The second-order valence-electron chi connectivity index (χ2n) is 7.26. The van der Waals surface area contributed by atoms with E-state index in [1.165, 1.54) is 23.1 Å². The summed E-state index contributed by atoms with van der Waals surface area (Å²) in [5.74, 6) is -1.76. The third kappa shape index (κ3) is 4.80. The second-order valence-corrected chi connectivity index (χ2v) is 9.24. The van der Waals surface area contributed by atoms with Gasteiger partial charge in [0.2, 0.25) is 5.91 Å². The molecule has 1 N–H and O–H groups in total. The van der Waals surface area contributed by atoms with Gasteiger partial charge in [-0.2, -0.15) is 5.26 Å². The van der Waals surface area contributed by atoms with Gasteiger partial charge in [0.25, 0.3) is 5.91 Å². The third-order valence-electron chi connectivity index (χ3n) is 5.08. The lowest BCUT2D eigenvalue weighted by atomic mass is 10.1. The monoisotopic (exact) mass is 511 g/mol. The molecule has 5 nitrogen and oxygen atoms in total. The minimum Gasteiger partial charge on any atom is -0.319 e. The van der Waals surface area contributed by atoms with Gasteiger partial charge < -0.3 is 5.32 Å². The molecule has 1 heterocycles. The van der Waals surface area contributed by atoms with Crippen LogP contribution >= 0.6 is 35.0 Å². The normalized spacial score (nSPS) is 16.8. The van der Waals surface area contributed by atoms with Crippen molar-refractivity contribution in [3.8, 4) is 6.07 Å². The van der Waals surface area contributed by atoms with E-state index >= 15 is 0 Å². The van der Waals surface area contributed by atoms with Crippen LogP contribution in [0.1, 0.15) is 5.56 Å². The lowest BCUT2D eigenvalue weighted by molar-refractivity contribution is -0.117. The van der Waals surface area contributed by atoms with Crippen LogP contribution in [0.3, 0.4) is 0 Å². The van der Waals surface area contributed by atoms with Gasteiger partial charge in [0.1, 0.15) is 22.5 Å². The fourth-order valence-electron chi connectivity index (χ4n) is 3.45. The van der Waals surface area contributed by atoms with E-state index in [1.54, 1.807) is 54.6 Å².